The second-order valence-corrected chi connectivity index (χ2v) is 9.78. The molecule has 2 fully saturated rings. The molecule has 3 aromatic carbocycles. The zero-order valence-corrected chi connectivity index (χ0v) is 21.5. The van der Waals surface area contributed by atoms with Gasteiger partial charge in [-0.25, -0.2) is 8.78 Å². The van der Waals surface area contributed by atoms with Crippen molar-refractivity contribution in [1.29, 1.82) is 0 Å². The van der Waals surface area contributed by atoms with Crippen molar-refractivity contribution in [3.05, 3.63) is 95.1 Å². The maximum Gasteiger partial charge on any atom is 0.258 e. The summed E-state index contributed by atoms with van der Waals surface area (Å²) in [6.07, 6.45) is 2.94. The Hall–Kier alpha value is -4.27. The van der Waals surface area contributed by atoms with E-state index in [-0.39, 0.29) is 22.9 Å². The summed E-state index contributed by atoms with van der Waals surface area (Å²) in [5.41, 5.74) is 1.49. The van der Waals surface area contributed by atoms with Crippen LogP contribution in [-0.4, -0.2) is 66.8 Å². The lowest BCUT2D eigenvalue weighted by atomic mass is 10.0. The van der Waals surface area contributed by atoms with Crippen molar-refractivity contribution in [2.75, 3.05) is 49.5 Å². The third kappa shape index (κ3) is 5.77. The van der Waals surface area contributed by atoms with E-state index in [1.165, 1.54) is 30.3 Å². The van der Waals surface area contributed by atoms with Gasteiger partial charge in [0.1, 0.15) is 11.6 Å². The van der Waals surface area contributed by atoms with Crippen LogP contribution in [0.2, 0.25) is 0 Å². The van der Waals surface area contributed by atoms with Crippen molar-refractivity contribution in [3.63, 3.8) is 0 Å². The molecule has 202 valence electrons. The summed E-state index contributed by atoms with van der Waals surface area (Å²) in [6, 6.07) is 16.8. The number of rotatable bonds is 5. The Morgan fingerprint density at radius 1 is 0.615 bits per heavy atom. The van der Waals surface area contributed by atoms with Gasteiger partial charge in [-0.3, -0.25) is 14.4 Å². The summed E-state index contributed by atoms with van der Waals surface area (Å²) in [5, 5.41) is 2.72. The summed E-state index contributed by atoms with van der Waals surface area (Å²) in [7, 11) is 0. The second kappa shape index (κ2) is 11.6. The van der Waals surface area contributed by atoms with Gasteiger partial charge in [-0.05, 0) is 61.7 Å². The van der Waals surface area contributed by atoms with Crippen LogP contribution >= 0.6 is 0 Å². The highest BCUT2D eigenvalue weighted by atomic mass is 19.1. The Morgan fingerprint density at radius 2 is 1.18 bits per heavy atom. The van der Waals surface area contributed by atoms with E-state index in [0.29, 0.717) is 56.2 Å². The lowest BCUT2D eigenvalue weighted by molar-refractivity contribution is 0.0717. The number of likely N-dealkylation sites (tertiary alicyclic amines) is 1. The number of piperidine rings is 1. The molecule has 9 heteroatoms. The normalized spacial score (nSPS) is 15.7. The zero-order valence-electron chi connectivity index (χ0n) is 21.5. The average molecular weight is 533 g/mol. The number of halogens is 2. The first kappa shape index (κ1) is 26.3. The standard InChI is InChI=1S/C30H30F2N4O3/c31-25-10-4-2-8-22(25)28(37)33-21-12-13-27(24(20-21)30(39)35-14-6-1-7-15-35)34-16-18-36(19-17-34)29(38)23-9-3-5-11-26(23)32/h2-5,8-13,20H,1,6-7,14-19H2,(H,33,37). The number of piperazine rings is 1. The first-order valence-electron chi connectivity index (χ1n) is 13.2. The minimum atomic E-state index is -0.626. The summed E-state index contributed by atoms with van der Waals surface area (Å²) in [6.45, 7) is 2.99. The van der Waals surface area contributed by atoms with Crippen LogP contribution in [-0.2, 0) is 0 Å². The fraction of sp³-hybridized carbons (Fsp3) is 0.300. The van der Waals surface area contributed by atoms with E-state index in [1.54, 1.807) is 41.3 Å². The topological polar surface area (TPSA) is 73.0 Å². The molecule has 0 unspecified atom stereocenters. The van der Waals surface area contributed by atoms with E-state index in [1.807, 2.05) is 9.80 Å². The van der Waals surface area contributed by atoms with Gasteiger partial charge in [0.25, 0.3) is 17.7 Å². The number of amides is 3. The summed E-state index contributed by atoms with van der Waals surface area (Å²) >= 11 is 0. The Labute approximate surface area is 226 Å². The summed E-state index contributed by atoms with van der Waals surface area (Å²) in [4.78, 5) is 44.7. The highest BCUT2D eigenvalue weighted by molar-refractivity contribution is 6.06. The lowest BCUT2D eigenvalue weighted by Crippen LogP contribution is -2.49. The van der Waals surface area contributed by atoms with Gasteiger partial charge in [-0.15, -0.1) is 0 Å². The van der Waals surface area contributed by atoms with Crippen molar-refractivity contribution in [2.24, 2.45) is 0 Å². The molecular formula is C30H30F2N4O3. The molecule has 3 aromatic rings. The van der Waals surface area contributed by atoms with E-state index in [9.17, 15) is 23.2 Å². The van der Waals surface area contributed by atoms with E-state index in [4.69, 9.17) is 0 Å². The van der Waals surface area contributed by atoms with Gasteiger partial charge in [-0.1, -0.05) is 24.3 Å². The summed E-state index contributed by atoms with van der Waals surface area (Å²) in [5.74, 6) is -2.26. The first-order valence-corrected chi connectivity index (χ1v) is 13.2. The Morgan fingerprint density at radius 3 is 1.82 bits per heavy atom. The third-order valence-corrected chi connectivity index (χ3v) is 7.26. The number of carbonyl (C=O) groups excluding carboxylic acids is 3. The zero-order chi connectivity index (χ0) is 27.4. The lowest BCUT2D eigenvalue weighted by Gasteiger charge is -2.37. The van der Waals surface area contributed by atoms with Crippen molar-refractivity contribution in [1.82, 2.24) is 9.80 Å². The molecule has 0 radical (unpaired) electrons. The fourth-order valence-corrected chi connectivity index (χ4v) is 5.13. The SMILES string of the molecule is O=C(Nc1ccc(N2CCN(C(=O)c3ccccc3F)CC2)c(C(=O)N2CCCCC2)c1)c1ccccc1F. The van der Waals surface area contributed by atoms with Crippen LogP contribution in [0.4, 0.5) is 20.2 Å². The van der Waals surface area contributed by atoms with Crippen molar-refractivity contribution in [3.8, 4) is 0 Å². The molecule has 0 spiro atoms. The first-order chi connectivity index (χ1) is 18.9. The van der Waals surface area contributed by atoms with Crippen LogP contribution in [0.3, 0.4) is 0 Å². The number of benzene rings is 3. The van der Waals surface area contributed by atoms with Gasteiger partial charge in [0.2, 0.25) is 0 Å². The van der Waals surface area contributed by atoms with Gasteiger partial charge < -0.3 is 20.0 Å². The molecule has 39 heavy (non-hydrogen) atoms. The minimum absolute atomic E-state index is 0.0434. The molecule has 0 atom stereocenters. The molecule has 3 amide bonds. The average Bonchev–Trinajstić information content (AvgIpc) is 2.97. The maximum absolute atomic E-state index is 14.2. The van der Waals surface area contributed by atoms with Gasteiger partial charge in [0.15, 0.2) is 0 Å². The van der Waals surface area contributed by atoms with E-state index in [2.05, 4.69) is 5.32 Å². The van der Waals surface area contributed by atoms with Crippen LogP contribution in [0.1, 0.15) is 50.3 Å². The molecule has 0 bridgehead atoms. The fourth-order valence-electron chi connectivity index (χ4n) is 5.13. The molecular weight excluding hydrogens is 502 g/mol. The maximum atomic E-state index is 14.2. The van der Waals surface area contributed by atoms with Crippen LogP contribution in [0, 0.1) is 11.6 Å². The Kier molecular flexibility index (Phi) is 7.86. The largest absolute Gasteiger partial charge is 0.367 e. The molecule has 2 aliphatic rings. The molecule has 0 saturated carbocycles. The van der Waals surface area contributed by atoms with Crippen LogP contribution in [0.5, 0.6) is 0 Å². The van der Waals surface area contributed by atoms with Crippen LogP contribution in [0.25, 0.3) is 0 Å². The second-order valence-electron chi connectivity index (χ2n) is 9.78. The predicted octanol–water partition coefficient (Wildman–Crippen LogP) is 4.81. The minimum Gasteiger partial charge on any atom is -0.367 e. The van der Waals surface area contributed by atoms with Crippen molar-refractivity contribution in [2.45, 2.75) is 19.3 Å². The molecule has 1 N–H and O–H groups in total. The Bertz CT molecular complexity index is 1380. The highest BCUT2D eigenvalue weighted by Crippen LogP contribution is 2.29. The Balaban J connectivity index is 1.37. The van der Waals surface area contributed by atoms with Gasteiger partial charge in [0.05, 0.1) is 16.7 Å². The number of nitrogens with zero attached hydrogens (tertiary/aromatic N) is 3. The molecule has 2 saturated heterocycles. The van der Waals surface area contributed by atoms with Crippen LogP contribution < -0.4 is 10.2 Å². The molecule has 0 aliphatic carbocycles. The predicted molar refractivity (Wildman–Crippen MR) is 145 cm³/mol. The van der Waals surface area contributed by atoms with Gasteiger partial charge >= 0.3 is 0 Å². The molecule has 0 aromatic heterocycles. The highest BCUT2D eigenvalue weighted by Gasteiger charge is 2.28. The molecule has 2 heterocycles. The summed E-state index contributed by atoms with van der Waals surface area (Å²) < 4.78 is 28.3. The monoisotopic (exact) mass is 532 g/mol. The van der Waals surface area contributed by atoms with Crippen molar-refractivity contribution >= 4 is 29.1 Å². The number of anilines is 2. The third-order valence-electron chi connectivity index (χ3n) is 7.26. The molecule has 5 rings (SSSR count). The molecule has 2 aliphatic heterocycles. The quantitative estimate of drug-likeness (QED) is 0.512. The number of carbonyl (C=O) groups is 3. The van der Waals surface area contributed by atoms with E-state index < -0.39 is 17.5 Å². The van der Waals surface area contributed by atoms with Crippen LogP contribution in [0.15, 0.2) is 66.7 Å². The molecule has 7 nitrogen and oxygen atoms in total. The van der Waals surface area contributed by atoms with E-state index in [0.717, 1.165) is 19.3 Å². The number of hydrogen-bond donors (Lipinski definition) is 1. The number of hydrogen-bond acceptors (Lipinski definition) is 4. The smallest absolute Gasteiger partial charge is 0.258 e. The number of nitrogens with one attached hydrogen (secondary N) is 1. The van der Waals surface area contributed by atoms with Gasteiger partial charge in [-0.2, -0.15) is 0 Å². The van der Waals surface area contributed by atoms with Crippen molar-refractivity contribution < 1.29 is 23.2 Å². The van der Waals surface area contributed by atoms with E-state index >= 15 is 0 Å². The van der Waals surface area contributed by atoms with Gasteiger partial charge in [0, 0.05) is 50.6 Å².